The molecule has 9 aromatic rings. The molecule has 0 aromatic heterocycles. The molecule has 0 N–H and O–H groups in total. The van der Waals surface area contributed by atoms with Crippen LogP contribution in [-0.4, -0.2) is 0 Å². The Morgan fingerprint density at radius 2 is 0.619 bits per heavy atom. The van der Waals surface area contributed by atoms with Crippen molar-refractivity contribution in [1.82, 2.24) is 0 Å². The average Bonchev–Trinajstić information content (AvgIpc) is 3.07. The van der Waals surface area contributed by atoms with Gasteiger partial charge in [-0.2, -0.15) is 0 Å². The summed E-state index contributed by atoms with van der Waals surface area (Å²) in [7, 11) is 0. The van der Waals surface area contributed by atoms with Crippen molar-refractivity contribution in [2.45, 2.75) is 0 Å². The van der Waals surface area contributed by atoms with Crippen LogP contribution in [-0.2, 0) is 0 Å². The van der Waals surface area contributed by atoms with Gasteiger partial charge in [0.25, 0.3) is 0 Å². The third-order valence-corrected chi connectivity index (χ3v) is 8.99. The van der Waals surface area contributed by atoms with Gasteiger partial charge in [0.1, 0.15) is 0 Å². The van der Waals surface area contributed by atoms with Crippen LogP contribution < -0.4 is 0 Å². The predicted molar refractivity (Wildman–Crippen MR) is 182 cm³/mol. The number of fused-ring (bicyclic) bond motifs is 12. The van der Waals surface area contributed by atoms with E-state index >= 15 is 0 Å². The molecule has 0 aliphatic carbocycles. The molecule has 0 heteroatoms. The molecule has 0 atom stereocenters. The van der Waals surface area contributed by atoms with Crippen molar-refractivity contribution in [3.05, 3.63) is 158 Å². The van der Waals surface area contributed by atoms with E-state index in [-0.39, 0.29) is 0 Å². The van der Waals surface area contributed by atoms with Crippen LogP contribution in [0.15, 0.2) is 158 Å². The van der Waals surface area contributed by atoms with Crippen LogP contribution in [0, 0.1) is 0 Å². The summed E-state index contributed by atoms with van der Waals surface area (Å²) in [5.41, 5.74) is 4.96. The molecule has 0 heterocycles. The van der Waals surface area contributed by atoms with Gasteiger partial charge in [0.15, 0.2) is 0 Å². The summed E-state index contributed by atoms with van der Waals surface area (Å²) in [5, 5.41) is 15.7. The van der Waals surface area contributed by atoms with Gasteiger partial charge in [-0.05, 0) is 105 Å². The molecule has 0 amide bonds. The molecule has 0 radical (unpaired) electrons. The Morgan fingerprint density at radius 1 is 0.214 bits per heavy atom. The van der Waals surface area contributed by atoms with E-state index in [0.29, 0.717) is 0 Å². The molecule has 0 aliphatic heterocycles. The van der Waals surface area contributed by atoms with E-state index in [9.17, 15) is 0 Å². The van der Waals surface area contributed by atoms with Gasteiger partial charge in [-0.3, -0.25) is 0 Å². The molecule has 0 unspecified atom stereocenters. The fourth-order valence-corrected chi connectivity index (χ4v) is 7.04. The highest BCUT2D eigenvalue weighted by atomic mass is 14.2. The van der Waals surface area contributed by atoms with Gasteiger partial charge >= 0.3 is 0 Å². The fraction of sp³-hybridized carbons (Fsp3) is 0. The van der Waals surface area contributed by atoms with Crippen molar-refractivity contribution < 1.29 is 0 Å². The molecular weight excluding hydrogens is 504 g/mol. The lowest BCUT2D eigenvalue weighted by atomic mass is 9.86. The molecule has 0 spiro atoms. The predicted octanol–water partition coefficient (Wildman–Crippen LogP) is 11.9. The minimum Gasteiger partial charge on any atom is -0.0622 e. The molecule has 194 valence electrons. The first-order valence-electron chi connectivity index (χ1n) is 14.6. The van der Waals surface area contributed by atoms with Gasteiger partial charge in [-0.25, -0.2) is 0 Å². The Hall–Kier alpha value is -5.46. The van der Waals surface area contributed by atoms with E-state index in [0.717, 1.165) is 0 Å². The van der Waals surface area contributed by atoms with E-state index in [2.05, 4.69) is 158 Å². The van der Waals surface area contributed by atoms with E-state index in [1.54, 1.807) is 0 Å². The smallest absolute Gasteiger partial charge is 0.00137 e. The molecule has 0 bridgehead atoms. The van der Waals surface area contributed by atoms with Crippen molar-refractivity contribution in [3.8, 4) is 22.3 Å². The van der Waals surface area contributed by atoms with Crippen LogP contribution in [0.2, 0.25) is 0 Å². The maximum absolute atomic E-state index is 2.42. The van der Waals surface area contributed by atoms with Gasteiger partial charge in [0.05, 0.1) is 0 Å². The topological polar surface area (TPSA) is 0 Å². The molecule has 42 heavy (non-hydrogen) atoms. The Morgan fingerprint density at radius 3 is 1.19 bits per heavy atom. The van der Waals surface area contributed by atoms with Crippen LogP contribution in [0.1, 0.15) is 0 Å². The highest BCUT2D eigenvalue weighted by Gasteiger charge is 2.16. The van der Waals surface area contributed by atoms with Crippen molar-refractivity contribution >= 4 is 64.6 Å². The first-order valence-corrected chi connectivity index (χ1v) is 14.6. The van der Waals surface area contributed by atoms with Crippen molar-refractivity contribution in [3.63, 3.8) is 0 Å². The minimum absolute atomic E-state index is 1.24. The molecule has 0 saturated carbocycles. The molecule has 0 aliphatic rings. The van der Waals surface area contributed by atoms with Crippen molar-refractivity contribution in [1.29, 1.82) is 0 Å². The largest absolute Gasteiger partial charge is 0.0622 e. The molecule has 0 nitrogen and oxygen atoms in total. The van der Waals surface area contributed by atoms with Gasteiger partial charge in [-0.15, -0.1) is 0 Å². The standard InChI is InChI=1S/C42H26/c1-2-10-27(11-3-1)29-20-18-28-19-21-30(25-32(28)24-29)31-22-23-36-35-14-6-8-16-38(35)41-37-15-7-4-12-33(37)34-13-5-9-17-39(34)42(41)40(36)26-31/h1-26H. The summed E-state index contributed by atoms with van der Waals surface area (Å²) >= 11 is 0. The third-order valence-electron chi connectivity index (χ3n) is 8.99. The van der Waals surface area contributed by atoms with Gasteiger partial charge in [-0.1, -0.05) is 140 Å². The number of hydrogen-bond donors (Lipinski definition) is 0. The van der Waals surface area contributed by atoms with Gasteiger partial charge in [0, 0.05) is 0 Å². The quantitative estimate of drug-likeness (QED) is 0.195. The molecular formula is C42H26. The number of hydrogen-bond acceptors (Lipinski definition) is 0. The zero-order valence-electron chi connectivity index (χ0n) is 23.0. The lowest BCUT2D eigenvalue weighted by Crippen LogP contribution is -1.89. The zero-order chi connectivity index (χ0) is 27.6. The van der Waals surface area contributed by atoms with Crippen LogP contribution >= 0.6 is 0 Å². The van der Waals surface area contributed by atoms with E-state index in [1.165, 1.54) is 86.9 Å². The molecule has 0 fully saturated rings. The summed E-state index contributed by atoms with van der Waals surface area (Å²) in [4.78, 5) is 0. The summed E-state index contributed by atoms with van der Waals surface area (Å²) in [6, 6.07) is 58.0. The van der Waals surface area contributed by atoms with E-state index < -0.39 is 0 Å². The minimum atomic E-state index is 1.24. The number of benzene rings is 9. The third kappa shape index (κ3) is 3.42. The first-order chi connectivity index (χ1) is 20.8. The molecule has 9 rings (SSSR count). The summed E-state index contributed by atoms with van der Waals surface area (Å²) in [6.45, 7) is 0. The summed E-state index contributed by atoms with van der Waals surface area (Å²) < 4.78 is 0. The second kappa shape index (κ2) is 9.03. The van der Waals surface area contributed by atoms with Crippen molar-refractivity contribution in [2.24, 2.45) is 0 Å². The Labute approximate surface area is 244 Å². The fourth-order valence-electron chi connectivity index (χ4n) is 7.04. The Bertz CT molecular complexity index is 2480. The van der Waals surface area contributed by atoms with Crippen LogP contribution in [0.25, 0.3) is 86.9 Å². The zero-order valence-corrected chi connectivity index (χ0v) is 23.0. The maximum atomic E-state index is 2.42. The Balaban J connectivity index is 1.37. The Kier molecular flexibility index (Phi) is 5.00. The normalized spacial score (nSPS) is 11.8. The van der Waals surface area contributed by atoms with Crippen molar-refractivity contribution in [2.75, 3.05) is 0 Å². The van der Waals surface area contributed by atoms with Crippen LogP contribution in [0.3, 0.4) is 0 Å². The SMILES string of the molecule is c1ccc(-c2ccc3ccc(-c4ccc5c6ccccc6c6c7ccccc7c7ccccc7c6c5c4)cc3c2)cc1. The monoisotopic (exact) mass is 530 g/mol. The first kappa shape index (κ1) is 23.3. The molecule has 9 aromatic carbocycles. The van der Waals surface area contributed by atoms with Gasteiger partial charge in [0.2, 0.25) is 0 Å². The van der Waals surface area contributed by atoms with E-state index in [4.69, 9.17) is 0 Å². The second-order valence-electron chi connectivity index (χ2n) is 11.3. The van der Waals surface area contributed by atoms with E-state index in [1.807, 2.05) is 0 Å². The number of rotatable bonds is 2. The lowest BCUT2D eigenvalue weighted by Gasteiger charge is -2.17. The summed E-state index contributed by atoms with van der Waals surface area (Å²) in [6.07, 6.45) is 0. The maximum Gasteiger partial charge on any atom is -0.00137 e. The summed E-state index contributed by atoms with van der Waals surface area (Å²) in [5.74, 6) is 0. The van der Waals surface area contributed by atoms with Crippen LogP contribution in [0.4, 0.5) is 0 Å². The highest BCUT2D eigenvalue weighted by molar-refractivity contribution is 6.39. The molecule has 0 saturated heterocycles. The average molecular weight is 531 g/mol. The van der Waals surface area contributed by atoms with Gasteiger partial charge < -0.3 is 0 Å². The van der Waals surface area contributed by atoms with Crippen LogP contribution in [0.5, 0.6) is 0 Å². The second-order valence-corrected chi connectivity index (χ2v) is 11.3. The highest BCUT2D eigenvalue weighted by Crippen LogP contribution is 2.44. The lowest BCUT2D eigenvalue weighted by molar-refractivity contribution is 1.64.